The smallest absolute Gasteiger partial charge is 0.226 e. The highest BCUT2D eigenvalue weighted by Gasteiger charge is 2.41. The summed E-state index contributed by atoms with van der Waals surface area (Å²) in [5.41, 5.74) is 7.20. The molecule has 6 nitrogen and oxygen atoms in total. The van der Waals surface area contributed by atoms with E-state index in [4.69, 9.17) is 23.8 Å². The van der Waals surface area contributed by atoms with Gasteiger partial charge in [0.1, 0.15) is 0 Å². The summed E-state index contributed by atoms with van der Waals surface area (Å²) < 4.78 is 2.23. The number of hydrogen-bond acceptors (Lipinski definition) is 3. The van der Waals surface area contributed by atoms with Crippen molar-refractivity contribution in [2.24, 2.45) is 0 Å². The number of benzene rings is 2. The highest BCUT2D eigenvalue weighted by Crippen LogP contribution is 2.41. The van der Waals surface area contributed by atoms with Crippen LogP contribution in [0.3, 0.4) is 0 Å². The molecule has 2 unspecified atom stereocenters. The number of pyridine rings is 1. The summed E-state index contributed by atoms with van der Waals surface area (Å²) in [5, 5.41) is 7.82. The number of carbonyl (C=O) groups excluding carboxylic acids is 1. The number of carbonyl (C=O) groups is 1. The van der Waals surface area contributed by atoms with Crippen molar-refractivity contribution in [2.45, 2.75) is 39.3 Å². The van der Waals surface area contributed by atoms with E-state index in [1.165, 1.54) is 0 Å². The van der Waals surface area contributed by atoms with Gasteiger partial charge in [-0.2, -0.15) is 0 Å². The van der Waals surface area contributed by atoms with Crippen LogP contribution in [0, 0.1) is 20.8 Å². The molecule has 2 N–H and O–H groups in total. The number of anilines is 1. The van der Waals surface area contributed by atoms with E-state index in [2.05, 4.69) is 45.0 Å². The summed E-state index contributed by atoms with van der Waals surface area (Å²) in [6.07, 6.45) is 2.10. The second-order valence-electron chi connectivity index (χ2n) is 9.63. The normalized spacial score (nSPS) is 16.9. The Morgan fingerprint density at radius 3 is 2.55 bits per heavy atom. The van der Waals surface area contributed by atoms with Crippen LogP contribution in [-0.2, 0) is 4.79 Å². The lowest BCUT2D eigenvalue weighted by Crippen LogP contribution is -2.32. The molecule has 1 saturated heterocycles. The second kappa shape index (κ2) is 11.0. The lowest BCUT2D eigenvalue weighted by atomic mass is 9.96. The molecule has 0 bridgehead atoms. The van der Waals surface area contributed by atoms with Crippen molar-refractivity contribution in [1.29, 1.82) is 0 Å². The van der Waals surface area contributed by atoms with Gasteiger partial charge in [0, 0.05) is 46.9 Å². The summed E-state index contributed by atoms with van der Waals surface area (Å²) in [5.74, 6) is -0.0509. The largest absolute Gasteiger partial charge is 0.352 e. The summed E-state index contributed by atoms with van der Waals surface area (Å²) in [7, 11) is 0. The van der Waals surface area contributed by atoms with E-state index < -0.39 is 0 Å². The maximum atomic E-state index is 12.9. The first-order chi connectivity index (χ1) is 18.3. The van der Waals surface area contributed by atoms with Gasteiger partial charge in [0.15, 0.2) is 5.11 Å². The topological polar surface area (TPSA) is 62.2 Å². The van der Waals surface area contributed by atoms with E-state index in [1.807, 2.05) is 73.7 Å². The highest BCUT2D eigenvalue weighted by atomic mass is 35.5. The number of aryl methyl sites for hydroxylation is 2. The van der Waals surface area contributed by atoms with Gasteiger partial charge >= 0.3 is 0 Å². The Morgan fingerprint density at radius 2 is 1.84 bits per heavy atom. The minimum atomic E-state index is -0.150. The third-order valence-electron chi connectivity index (χ3n) is 6.95. The number of halogens is 1. The Morgan fingerprint density at radius 1 is 1.05 bits per heavy atom. The summed E-state index contributed by atoms with van der Waals surface area (Å²) in [6.45, 7) is 6.70. The van der Waals surface area contributed by atoms with Crippen LogP contribution in [0.25, 0.3) is 5.69 Å². The molecule has 1 aliphatic rings. The fourth-order valence-electron chi connectivity index (χ4n) is 5.23. The van der Waals surface area contributed by atoms with Crippen molar-refractivity contribution >= 4 is 40.5 Å². The van der Waals surface area contributed by atoms with Gasteiger partial charge < -0.3 is 20.1 Å². The van der Waals surface area contributed by atoms with E-state index in [9.17, 15) is 4.79 Å². The van der Waals surface area contributed by atoms with Crippen LogP contribution < -0.4 is 10.6 Å². The number of amides is 1. The Balaban J connectivity index is 1.46. The summed E-state index contributed by atoms with van der Waals surface area (Å²) in [6, 6.07) is 23.5. The molecule has 5 rings (SSSR count). The molecule has 2 atom stereocenters. The third kappa shape index (κ3) is 5.30. The van der Waals surface area contributed by atoms with Gasteiger partial charge in [-0.25, -0.2) is 0 Å². The first kappa shape index (κ1) is 25.9. The lowest BCUT2D eigenvalue weighted by molar-refractivity contribution is -0.116. The monoisotopic (exact) mass is 543 g/mol. The Kier molecular flexibility index (Phi) is 7.49. The molecule has 2 aromatic carbocycles. The first-order valence-corrected chi connectivity index (χ1v) is 13.4. The van der Waals surface area contributed by atoms with E-state index in [0.717, 1.165) is 39.6 Å². The molecule has 0 spiro atoms. The fraction of sp³-hybridized carbons (Fsp3) is 0.233. The zero-order chi connectivity index (χ0) is 26.8. The van der Waals surface area contributed by atoms with Crippen molar-refractivity contribution in [2.75, 3.05) is 11.9 Å². The number of nitrogens with one attached hydrogen (secondary N) is 2. The van der Waals surface area contributed by atoms with Crippen LogP contribution >= 0.6 is 23.8 Å². The van der Waals surface area contributed by atoms with Crippen molar-refractivity contribution in [3.05, 3.63) is 112 Å². The van der Waals surface area contributed by atoms with Gasteiger partial charge in [-0.3, -0.25) is 9.78 Å². The molecule has 8 heteroatoms. The molecule has 194 valence electrons. The van der Waals surface area contributed by atoms with Crippen molar-refractivity contribution in [3.8, 4) is 5.69 Å². The molecule has 1 aliphatic heterocycles. The minimum absolute atomic E-state index is 0.0509. The zero-order valence-electron chi connectivity index (χ0n) is 21.6. The molecule has 2 aromatic heterocycles. The van der Waals surface area contributed by atoms with Gasteiger partial charge in [-0.15, -0.1) is 0 Å². The summed E-state index contributed by atoms with van der Waals surface area (Å²) in [4.78, 5) is 19.7. The quantitative estimate of drug-likeness (QED) is 0.262. The van der Waals surface area contributed by atoms with Gasteiger partial charge in [0.25, 0.3) is 0 Å². The summed E-state index contributed by atoms with van der Waals surface area (Å²) >= 11 is 12.0. The number of rotatable bonds is 7. The average Bonchev–Trinajstić information content (AvgIpc) is 3.38. The van der Waals surface area contributed by atoms with Crippen molar-refractivity contribution in [3.63, 3.8) is 0 Å². The molecule has 38 heavy (non-hydrogen) atoms. The van der Waals surface area contributed by atoms with Crippen LogP contribution in [-0.4, -0.2) is 32.0 Å². The van der Waals surface area contributed by atoms with Gasteiger partial charge in [-0.1, -0.05) is 29.8 Å². The second-order valence-corrected chi connectivity index (χ2v) is 10.4. The molecule has 1 fully saturated rings. The Bertz CT molecular complexity index is 1470. The van der Waals surface area contributed by atoms with Crippen LogP contribution in [0.15, 0.2) is 79.0 Å². The van der Waals surface area contributed by atoms with Gasteiger partial charge in [0.05, 0.1) is 17.8 Å². The van der Waals surface area contributed by atoms with Gasteiger partial charge in [-0.05, 0) is 98.7 Å². The highest BCUT2D eigenvalue weighted by molar-refractivity contribution is 7.80. The van der Waals surface area contributed by atoms with Crippen LogP contribution in [0.2, 0.25) is 5.02 Å². The first-order valence-electron chi connectivity index (χ1n) is 12.6. The third-order valence-corrected chi connectivity index (χ3v) is 7.56. The number of aromatic nitrogens is 2. The number of nitrogens with zero attached hydrogens (tertiary/aromatic N) is 3. The molecule has 1 amide bonds. The van der Waals surface area contributed by atoms with E-state index in [-0.39, 0.29) is 18.0 Å². The van der Waals surface area contributed by atoms with E-state index in [1.54, 1.807) is 6.20 Å². The zero-order valence-corrected chi connectivity index (χ0v) is 23.2. The van der Waals surface area contributed by atoms with Crippen LogP contribution in [0.1, 0.15) is 46.7 Å². The number of hydrogen-bond donors (Lipinski definition) is 2. The predicted molar refractivity (Wildman–Crippen MR) is 157 cm³/mol. The number of thiocarbonyl (C=S) groups is 1. The molecular weight excluding hydrogens is 514 g/mol. The van der Waals surface area contributed by atoms with Gasteiger partial charge in [0.2, 0.25) is 5.91 Å². The fourth-order valence-corrected chi connectivity index (χ4v) is 5.69. The standard InChI is InChI=1S/C30H30ClN5OS/c1-19-7-6-8-23(17-19)33-27(37)14-16-35-29(28(34-30(35)38)26-9-4-5-15-32-26)25-18-20(2)36(21(25)3)24-12-10-22(31)11-13-24/h4-13,15,17-18,28-29H,14,16H2,1-3H3,(H,33,37)(H,34,38). The Labute approximate surface area is 233 Å². The van der Waals surface area contributed by atoms with E-state index >= 15 is 0 Å². The minimum Gasteiger partial charge on any atom is -0.352 e. The molecule has 4 aromatic rings. The van der Waals surface area contributed by atoms with E-state index in [0.29, 0.717) is 23.1 Å². The maximum Gasteiger partial charge on any atom is 0.226 e. The molecule has 0 aliphatic carbocycles. The van der Waals surface area contributed by atoms with Crippen molar-refractivity contribution in [1.82, 2.24) is 19.8 Å². The van der Waals surface area contributed by atoms with Crippen LogP contribution in [0.4, 0.5) is 5.69 Å². The SMILES string of the molecule is Cc1cccc(NC(=O)CCN2C(=S)NC(c3ccccn3)C2c2cc(C)n(-c3ccc(Cl)cc3)c2C)c1. The molecule has 3 heterocycles. The Hall–Kier alpha value is -3.68. The van der Waals surface area contributed by atoms with Crippen molar-refractivity contribution < 1.29 is 4.79 Å². The lowest BCUT2D eigenvalue weighted by Gasteiger charge is -2.28. The molecular formula is C30H30ClN5OS. The maximum absolute atomic E-state index is 12.9. The molecule has 0 radical (unpaired) electrons. The predicted octanol–water partition coefficient (Wildman–Crippen LogP) is 6.45. The average molecular weight is 544 g/mol. The molecule has 0 saturated carbocycles. The van der Waals surface area contributed by atoms with Crippen LogP contribution in [0.5, 0.6) is 0 Å².